The molecule has 4 N–H and O–H groups in total. The number of aliphatic hydroxyl groups is 4. The maximum Gasteiger partial charge on any atom is 0.306 e. The van der Waals surface area contributed by atoms with Gasteiger partial charge in [-0.2, -0.15) is 0 Å². The van der Waals surface area contributed by atoms with Crippen molar-refractivity contribution in [2.75, 3.05) is 19.8 Å². The Morgan fingerprint density at radius 3 is 1.24 bits per heavy atom. The second-order valence-corrected chi connectivity index (χ2v) is 18.7. The summed E-state index contributed by atoms with van der Waals surface area (Å²) in [6.07, 6.45) is 42.2. The third-order valence-corrected chi connectivity index (χ3v) is 12.7. The fraction of sp³-hybridized carbons (Fsp3) is 0.925. The van der Waals surface area contributed by atoms with Gasteiger partial charge in [0.1, 0.15) is 31.0 Å². The minimum atomic E-state index is -1.59. The van der Waals surface area contributed by atoms with E-state index in [2.05, 4.69) is 26.0 Å². The fourth-order valence-electron chi connectivity index (χ4n) is 8.42. The number of rotatable bonds is 46. The molecule has 372 valence electrons. The molecule has 0 radical (unpaired) electrons. The van der Waals surface area contributed by atoms with E-state index in [1.54, 1.807) is 0 Å². The van der Waals surface area contributed by atoms with Gasteiger partial charge in [-0.15, -0.1) is 0 Å². The number of hydrogen-bond donors (Lipinski definition) is 4. The van der Waals surface area contributed by atoms with Crippen molar-refractivity contribution in [1.29, 1.82) is 0 Å². The van der Waals surface area contributed by atoms with Gasteiger partial charge in [0.05, 0.1) is 13.2 Å². The lowest BCUT2D eigenvalue weighted by Crippen LogP contribution is -2.59. The molecule has 6 atom stereocenters. The SMILES string of the molecule is CCCCCCCC/C=C/CCCCCCCCCCCC(=O)O[C@@H](COC(=O)CCCCCCCCCCCCCCCCCCCCC)CO[C@H]1O[C@@H](CO)[C@@H](O)C(O)C1O. The summed E-state index contributed by atoms with van der Waals surface area (Å²) in [6, 6.07) is 0. The van der Waals surface area contributed by atoms with Crippen LogP contribution in [0.1, 0.15) is 258 Å². The van der Waals surface area contributed by atoms with Crippen molar-refractivity contribution in [3.63, 3.8) is 0 Å². The highest BCUT2D eigenvalue weighted by Gasteiger charge is 2.44. The van der Waals surface area contributed by atoms with Gasteiger partial charge in [-0.25, -0.2) is 0 Å². The smallest absolute Gasteiger partial charge is 0.306 e. The molecule has 0 bridgehead atoms. The van der Waals surface area contributed by atoms with E-state index in [1.165, 1.54) is 186 Å². The van der Waals surface area contributed by atoms with Gasteiger partial charge in [-0.3, -0.25) is 9.59 Å². The predicted octanol–water partition coefficient (Wildman–Crippen LogP) is 12.7. The summed E-state index contributed by atoms with van der Waals surface area (Å²) < 4.78 is 22.3. The van der Waals surface area contributed by atoms with E-state index in [9.17, 15) is 30.0 Å². The molecule has 1 fully saturated rings. The molecule has 0 amide bonds. The number of carbonyl (C=O) groups is 2. The zero-order chi connectivity index (χ0) is 45.9. The fourth-order valence-corrected chi connectivity index (χ4v) is 8.42. The molecule has 2 unspecified atom stereocenters. The molecule has 63 heavy (non-hydrogen) atoms. The van der Waals surface area contributed by atoms with Crippen LogP contribution in [0.3, 0.4) is 0 Å². The number of unbranched alkanes of at least 4 members (excludes halogenated alkanes) is 33. The monoisotopic (exact) mass is 897 g/mol. The van der Waals surface area contributed by atoms with Crippen LogP contribution in [0.2, 0.25) is 0 Å². The number of aliphatic hydroxyl groups excluding tert-OH is 4. The highest BCUT2D eigenvalue weighted by molar-refractivity contribution is 5.70. The summed E-state index contributed by atoms with van der Waals surface area (Å²) in [6.45, 7) is 3.47. The van der Waals surface area contributed by atoms with E-state index in [0.29, 0.717) is 6.42 Å². The van der Waals surface area contributed by atoms with Crippen molar-refractivity contribution < 1.29 is 49.0 Å². The number of carbonyl (C=O) groups excluding carboxylic acids is 2. The van der Waals surface area contributed by atoms with Crippen LogP contribution >= 0.6 is 0 Å². The van der Waals surface area contributed by atoms with Gasteiger partial charge < -0.3 is 39.4 Å². The molecule has 1 rings (SSSR count). The van der Waals surface area contributed by atoms with Gasteiger partial charge in [0.15, 0.2) is 12.4 Å². The lowest BCUT2D eigenvalue weighted by Gasteiger charge is -2.39. The maximum absolute atomic E-state index is 12.8. The molecule has 0 spiro atoms. The quantitative estimate of drug-likeness (QED) is 0.0264. The molecule has 0 saturated carbocycles. The van der Waals surface area contributed by atoms with E-state index in [4.69, 9.17) is 18.9 Å². The van der Waals surface area contributed by atoms with Crippen LogP contribution in [0.25, 0.3) is 0 Å². The second-order valence-electron chi connectivity index (χ2n) is 18.7. The van der Waals surface area contributed by atoms with Gasteiger partial charge in [-0.1, -0.05) is 219 Å². The van der Waals surface area contributed by atoms with Crippen LogP contribution in [0.5, 0.6) is 0 Å². The van der Waals surface area contributed by atoms with Crippen LogP contribution in [-0.2, 0) is 28.5 Å². The minimum Gasteiger partial charge on any atom is -0.462 e. The van der Waals surface area contributed by atoms with E-state index < -0.39 is 49.4 Å². The van der Waals surface area contributed by atoms with Crippen molar-refractivity contribution in [3.05, 3.63) is 12.2 Å². The maximum atomic E-state index is 12.8. The molecule has 1 saturated heterocycles. The predicted molar refractivity (Wildman–Crippen MR) is 256 cm³/mol. The number of esters is 2. The van der Waals surface area contributed by atoms with Crippen molar-refractivity contribution in [3.8, 4) is 0 Å². The van der Waals surface area contributed by atoms with Crippen molar-refractivity contribution in [2.45, 2.75) is 295 Å². The Hall–Kier alpha value is -1.56. The molecule has 0 aromatic carbocycles. The van der Waals surface area contributed by atoms with Crippen LogP contribution in [-0.4, -0.2) is 89.0 Å². The van der Waals surface area contributed by atoms with E-state index in [1.807, 2.05) is 0 Å². The lowest BCUT2D eigenvalue weighted by atomic mass is 9.99. The Morgan fingerprint density at radius 2 is 0.841 bits per heavy atom. The van der Waals surface area contributed by atoms with Crippen molar-refractivity contribution >= 4 is 11.9 Å². The van der Waals surface area contributed by atoms with E-state index in [0.717, 1.165) is 38.5 Å². The average Bonchev–Trinajstić information content (AvgIpc) is 3.28. The summed E-state index contributed by atoms with van der Waals surface area (Å²) in [5.74, 6) is -0.792. The first-order chi connectivity index (χ1) is 30.8. The Kier molecular flexibility index (Phi) is 41.8. The van der Waals surface area contributed by atoms with E-state index in [-0.39, 0.29) is 32.0 Å². The molecule has 10 nitrogen and oxygen atoms in total. The summed E-state index contributed by atoms with van der Waals surface area (Å²) in [4.78, 5) is 25.5. The first-order valence-corrected chi connectivity index (χ1v) is 26.8. The van der Waals surface area contributed by atoms with Gasteiger partial charge in [-0.05, 0) is 38.5 Å². The number of ether oxygens (including phenoxy) is 4. The van der Waals surface area contributed by atoms with Crippen LogP contribution in [0.15, 0.2) is 12.2 Å². The molecule has 1 heterocycles. The third kappa shape index (κ3) is 35.3. The largest absolute Gasteiger partial charge is 0.462 e. The zero-order valence-electron chi connectivity index (χ0n) is 40.8. The van der Waals surface area contributed by atoms with Crippen LogP contribution in [0, 0.1) is 0 Å². The Balaban J connectivity index is 2.23. The van der Waals surface area contributed by atoms with Crippen molar-refractivity contribution in [2.24, 2.45) is 0 Å². The summed E-state index contributed by atoms with van der Waals surface area (Å²) >= 11 is 0. The molecule has 0 aromatic heterocycles. The van der Waals surface area contributed by atoms with Gasteiger partial charge in [0.25, 0.3) is 0 Å². The minimum absolute atomic E-state index is 0.212. The van der Waals surface area contributed by atoms with Crippen LogP contribution in [0.4, 0.5) is 0 Å². The molecule has 10 heteroatoms. The molecule has 1 aliphatic rings. The van der Waals surface area contributed by atoms with Crippen molar-refractivity contribution in [1.82, 2.24) is 0 Å². The van der Waals surface area contributed by atoms with Gasteiger partial charge >= 0.3 is 11.9 Å². The standard InChI is InChI=1S/C53H100O10/c1-3-5-7-9-11-13-15-17-19-21-23-25-27-29-31-33-35-37-39-41-48(55)60-44-46(45-61-53-52(59)51(58)50(57)47(43-54)63-53)62-49(56)42-40-38-36-34-32-30-28-26-24-22-20-18-16-14-12-10-8-6-4-2/h18,20,46-47,50-54,57-59H,3-17,19,21-45H2,1-2H3/b20-18+/t46-,47-,50+,51?,52?,53-/m0/s1. The van der Waals surface area contributed by atoms with Crippen LogP contribution < -0.4 is 0 Å². The highest BCUT2D eigenvalue weighted by atomic mass is 16.7. The summed E-state index contributed by atoms with van der Waals surface area (Å²) in [5, 5.41) is 40.2. The summed E-state index contributed by atoms with van der Waals surface area (Å²) in [7, 11) is 0. The molecule has 1 aliphatic heterocycles. The normalized spacial score (nSPS) is 19.5. The third-order valence-electron chi connectivity index (χ3n) is 12.7. The molecular weight excluding hydrogens is 797 g/mol. The Bertz CT molecular complexity index is 1040. The molecule has 0 aliphatic carbocycles. The lowest BCUT2D eigenvalue weighted by molar-refractivity contribution is -0.305. The number of hydrogen-bond acceptors (Lipinski definition) is 10. The topological polar surface area (TPSA) is 152 Å². The average molecular weight is 897 g/mol. The van der Waals surface area contributed by atoms with Gasteiger partial charge in [0.2, 0.25) is 0 Å². The first-order valence-electron chi connectivity index (χ1n) is 26.8. The molecular formula is C53H100O10. The first kappa shape index (κ1) is 59.5. The molecule has 0 aromatic rings. The highest BCUT2D eigenvalue weighted by Crippen LogP contribution is 2.23. The Labute approximate surface area is 386 Å². The second kappa shape index (κ2) is 44.3. The Morgan fingerprint density at radius 1 is 0.476 bits per heavy atom. The number of allylic oxidation sites excluding steroid dienone is 2. The zero-order valence-corrected chi connectivity index (χ0v) is 40.8. The summed E-state index contributed by atoms with van der Waals surface area (Å²) in [5.41, 5.74) is 0. The van der Waals surface area contributed by atoms with E-state index >= 15 is 0 Å². The van der Waals surface area contributed by atoms with Gasteiger partial charge in [0, 0.05) is 12.8 Å².